The summed E-state index contributed by atoms with van der Waals surface area (Å²) < 4.78 is 37.9. The number of benzene rings is 1. The lowest BCUT2D eigenvalue weighted by atomic mass is 10.0. The van der Waals surface area contributed by atoms with E-state index in [9.17, 15) is 13.2 Å². The lowest BCUT2D eigenvalue weighted by molar-refractivity contribution is 0.151. The Morgan fingerprint density at radius 1 is 1.29 bits per heavy atom. The van der Waals surface area contributed by atoms with E-state index in [-0.39, 0.29) is 11.1 Å². The van der Waals surface area contributed by atoms with Crippen LogP contribution in [0.3, 0.4) is 0 Å². The second-order valence-electron chi connectivity index (χ2n) is 3.70. The summed E-state index contributed by atoms with van der Waals surface area (Å²) in [4.78, 5) is 0. The number of halogens is 3. The topological polar surface area (TPSA) is 26.0 Å². The maximum absolute atomic E-state index is 13.2. The van der Waals surface area contributed by atoms with Gasteiger partial charge in [-0.3, -0.25) is 0 Å². The Kier molecular flexibility index (Phi) is 2.03. The van der Waals surface area contributed by atoms with Gasteiger partial charge in [-0.05, 0) is 25.0 Å². The summed E-state index contributed by atoms with van der Waals surface area (Å²) in [6, 6.07) is 3.33. The Labute approximate surface area is 79.7 Å². The van der Waals surface area contributed by atoms with Gasteiger partial charge in [0.25, 0.3) is 6.43 Å². The summed E-state index contributed by atoms with van der Waals surface area (Å²) in [6.07, 6.45) is -1.25. The summed E-state index contributed by atoms with van der Waals surface area (Å²) in [5.74, 6) is -0.491. The number of nitrogens with two attached hydrogens (primary N) is 1. The van der Waals surface area contributed by atoms with Gasteiger partial charge >= 0.3 is 0 Å². The molecule has 2 N–H and O–H groups in total. The Hall–Kier alpha value is -1.03. The molecule has 0 unspecified atom stereocenters. The Bertz CT molecular complexity index is 358. The van der Waals surface area contributed by atoms with Gasteiger partial charge in [-0.2, -0.15) is 0 Å². The van der Waals surface area contributed by atoms with Gasteiger partial charge in [0.1, 0.15) is 5.82 Å². The molecule has 1 saturated carbocycles. The van der Waals surface area contributed by atoms with Crippen molar-refractivity contribution >= 4 is 0 Å². The van der Waals surface area contributed by atoms with Crippen LogP contribution in [0.5, 0.6) is 0 Å². The summed E-state index contributed by atoms with van der Waals surface area (Å²) in [6.45, 7) is 0. The highest BCUT2D eigenvalue weighted by atomic mass is 19.3. The summed E-state index contributed by atoms with van der Waals surface area (Å²) in [5.41, 5.74) is 5.10. The molecule has 76 valence electrons. The molecule has 1 fully saturated rings. The lowest BCUT2D eigenvalue weighted by Crippen LogP contribution is -2.20. The van der Waals surface area contributed by atoms with Gasteiger partial charge in [0.15, 0.2) is 0 Å². The highest BCUT2D eigenvalue weighted by Crippen LogP contribution is 2.44. The fraction of sp³-hybridized carbons (Fsp3) is 0.400. The first kappa shape index (κ1) is 9.52. The van der Waals surface area contributed by atoms with E-state index in [0.717, 1.165) is 12.1 Å². The van der Waals surface area contributed by atoms with Gasteiger partial charge in [0.05, 0.1) is 0 Å². The molecule has 0 bridgehead atoms. The van der Waals surface area contributed by atoms with Crippen LogP contribution >= 0.6 is 0 Å². The molecule has 0 heterocycles. The smallest absolute Gasteiger partial charge is 0.263 e. The van der Waals surface area contributed by atoms with Crippen LogP contribution in [-0.4, -0.2) is 0 Å². The number of hydrogen-bond acceptors (Lipinski definition) is 1. The monoisotopic (exact) mass is 201 g/mol. The summed E-state index contributed by atoms with van der Waals surface area (Å²) in [5, 5.41) is 0. The van der Waals surface area contributed by atoms with E-state index in [2.05, 4.69) is 0 Å². The van der Waals surface area contributed by atoms with Gasteiger partial charge in [-0.25, -0.2) is 13.2 Å². The van der Waals surface area contributed by atoms with E-state index in [0.29, 0.717) is 12.8 Å². The molecular formula is C10H10F3N. The quantitative estimate of drug-likeness (QED) is 0.782. The van der Waals surface area contributed by atoms with E-state index in [1.54, 1.807) is 0 Å². The molecule has 0 atom stereocenters. The maximum atomic E-state index is 13.2. The van der Waals surface area contributed by atoms with Gasteiger partial charge in [-0.1, -0.05) is 6.07 Å². The Balaban J connectivity index is 2.43. The molecule has 0 aliphatic heterocycles. The van der Waals surface area contributed by atoms with Crippen LogP contribution in [0.25, 0.3) is 0 Å². The van der Waals surface area contributed by atoms with Crippen molar-refractivity contribution in [3.05, 3.63) is 35.1 Å². The van der Waals surface area contributed by atoms with Gasteiger partial charge in [0.2, 0.25) is 0 Å². The first-order valence-electron chi connectivity index (χ1n) is 4.40. The zero-order valence-corrected chi connectivity index (χ0v) is 7.43. The molecule has 0 spiro atoms. The number of rotatable bonds is 2. The van der Waals surface area contributed by atoms with E-state index < -0.39 is 17.8 Å². The Morgan fingerprint density at radius 2 is 1.93 bits per heavy atom. The molecule has 0 saturated heterocycles. The minimum absolute atomic E-state index is 0.168. The van der Waals surface area contributed by atoms with Crippen molar-refractivity contribution in [1.29, 1.82) is 0 Å². The van der Waals surface area contributed by atoms with Crippen molar-refractivity contribution in [2.45, 2.75) is 24.8 Å². The van der Waals surface area contributed by atoms with Crippen LogP contribution in [0, 0.1) is 5.82 Å². The lowest BCUT2D eigenvalue weighted by Gasteiger charge is -2.11. The zero-order valence-electron chi connectivity index (χ0n) is 7.43. The van der Waals surface area contributed by atoms with Crippen LogP contribution in [0.4, 0.5) is 13.2 Å². The van der Waals surface area contributed by atoms with Crippen LogP contribution in [0.1, 0.15) is 30.4 Å². The van der Waals surface area contributed by atoms with Crippen molar-refractivity contribution < 1.29 is 13.2 Å². The number of alkyl halides is 2. The molecule has 1 aromatic rings. The Morgan fingerprint density at radius 3 is 2.43 bits per heavy atom. The standard InChI is InChI=1S/C10H10F3N/c11-8-2-1-6(9(12)13)5-7(8)10(14)3-4-10/h1-2,5,9H,3-4,14H2. The van der Waals surface area contributed by atoms with Crippen molar-refractivity contribution in [1.82, 2.24) is 0 Å². The van der Waals surface area contributed by atoms with Crippen LogP contribution in [-0.2, 0) is 5.54 Å². The average molecular weight is 201 g/mol. The normalized spacial score (nSPS) is 18.6. The molecule has 14 heavy (non-hydrogen) atoms. The molecule has 1 aliphatic rings. The van der Waals surface area contributed by atoms with E-state index in [1.165, 1.54) is 6.07 Å². The van der Waals surface area contributed by atoms with Crippen molar-refractivity contribution in [2.75, 3.05) is 0 Å². The predicted molar refractivity (Wildman–Crippen MR) is 46.5 cm³/mol. The fourth-order valence-corrected chi connectivity index (χ4v) is 1.46. The SMILES string of the molecule is NC1(c2cc(C(F)F)ccc2F)CC1. The molecule has 1 nitrogen and oxygen atoms in total. The largest absolute Gasteiger partial charge is 0.321 e. The zero-order chi connectivity index (χ0) is 10.3. The summed E-state index contributed by atoms with van der Waals surface area (Å²) >= 11 is 0. The van der Waals surface area contributed by atoms with Crippen molar-refractivity contribution in [2.24, 2.45) is 5.73 Å². The minimum atomic E-state index is -2.57. The molecule has 4 heteroatoms. The maximum Gasteiger partial charge on any atom is 0.263 e. The third kappa shape index (κ3) is 1.50. The molecule has 0 aromatic heterocycles. The van der Waals surface area contributed by atoms with E-state index in [1.807, 2.05) is 0 Å². The second kappa shape index (κ2) is 2.98. The molecule has 2 rings (SSSR count). The van der Waals surface area contributed by atoms with E-state index in [4.69, 9.17) is 5.73 Å². The number of hydrogen-bond donors (Lipinski definition) is 1. The molecule has 0 amide bonds. The average Bonchev–Trinajstić information content (AvgIpc) is 2.85. The third-order valence-corrected chi connectivity index (χ3v) is 2.57. The third-order valence-electron chi connectivity index (χ3n) is 2.57. The second-order valence-corrected chi connectivity index (χ2v) is 3.70. The molecule has 1 aliphatic carbocycles. The minimum Gasteiger partial charge on any atom is -0.321 e. The molecule has 0 radical (unpaired) electrons. The highest BCUT2D eigenvalue weighted by Gasteiger charge is 2.42. The molecule has 1 aromatic carbocycles. The van der Waals surface area contributed by atoms with Gasteiger partial charge in [-0.15, -0.1) is 0 Å². The van der Waals surface area contributed by atoms with Gasteiger partial charge < -0.3 is 5.73 Å². The van der Waals surface area contributed by atoms with Gasteiger partial charge in [0, 0.05) is 16.7 Å². The highest BCUT2D eigenvalue weighted by molar-refractivity contribution is 5.35. The molecular weight excluding hydrogens is 191 g/mol. The van der Waals surface area contributed by atoms with Crippen LogP contribution in [0.2, 0.25) is 0 Å². The van der Waals surface area contributed by atoms with Crippen LogP contribution < -0.4 is 5.73 Å². The summed E-state index contributed by atoms with van der Waals surface area (Å²) in [7, 11) is 0. The van der Waals surface area contributed by atoms with Crippen molar-refractivity contribution in [3.63, 3.8) is 0 Å². The van der Waals surface area contributed by atoms with Crippen molar-refractivity contribution in [3.8, 4) is 0 Å². The first-order valence-corrected chi connectivity index (χ1v) is 4.40. The van der Waals surface area contributed by atoms with E-state index >= 15 is 0 Å². The fourth-order valence-electron chi connectivity index (χ4n) is 1.46. The van der Waals surface area contributed by atoms with Crippen LogP contribution in [0.15, 0.2) is 18.2 Å². The predicted octanol–water partition coefficient (Wildman–Crippen LogP) is 2.71. The first-order chi connectivity index (χ1) is 6.53.